The summed E-state index contributed by atoms with van der Waals surface area (Å²) in [5.74, 6) is -2.39. The van der Waals surface area contributed by atoms with Gasteiger partial charge in [-0.2, -0.15) is 13.2 Å². The van der Waals surface area contributed by atoms with Gasteiger partial charge in [-0.15, -0.1) is 0 Å². The molecule has 0 aromatic heterocycles. The van der Waals surface area contributed by atoms with Crippen LogP contribution in [0.25, 0.3) is 0 Å². The van der Waals surface area contributed by atoms with Crippen molar-refractivity contribution in [2.45, 2.75) is 57.9 Å². The molecule has 0 aliphatic carbocycles. The van der Waals surface area contributed by atoms with Gasteiger partial charge in [-0.05, 0) is 62.6 Å². The third kappa shape index (κ3) is 7.10. The number of alkyl halides is 3. The first-order valence-corrected chi connectivity index (χ1v) is 12.2. The lowest BCUT2D eigenvalue weighted by atomic mass is 9.76. The Morgan fingerprint density at radius 3 is 2.42 bits per heavy atom. The summed E-state index contributed by atoms with van der Waals surface area (Å²) in [6.45, 7) is 8.91. The molecule has 0 bridgehead atoms. The molecule has 3 aliphatic heterocycles. The highest BCUT2D eigenvalue weighted by Gasteiger charge is 2.44. The van der Waals surface area contributed by atoms with E-state index in [1.165, 1.54) is 0 Å². The van der Waals surface area contributed by atoms with Crippen LogP contribution in [0, 0.1) is 18.3 Å². The van der Waals surface area contributed by atoms with Crippen molar-refractivity contribution in [3.05, 3.63) is 29.3 Å². The Morgan fingerprint density at radius 1 is 1.19 bits per heavy atom. The number of benzene rings is 1. The van der Waals surface area contributed by atoms with E-state index in [0.717, 1.165) is 57.5 Å². The number of rotatable bonds is 3. The number of hydrogen-bond donors (Lipinski definition) is 3. The average Bonchev–Trinajstić information content (AvgIpc) is 3.19. The minimum absolute atomic E-state index is 0.0585. The first-order chi connectivity index (χ1) is 16.8. The number of carboxylic acid groups (broad SMARTS) is 1. The van der Waals surface area contributed by atoms with Crippen molar-refractivity contribution < 1.29 is 42.8 Å². The molecule has 1 amide bonds. The normalized spacial score (nSPS) is 26.4. The molecule has 1 spiro atoms. The van der Waals surface area contributed by atoms with Crippen LogP contribution < -0.4 is 0 Å². The molecule has 202 valence electrons. The number of likely N-dealkylation sites (tertiary alicyclic amines) is 2. The van der Waals surface area contributed by atoms with Crippen LogP contribution in [-0.4, -0.2) is 94.7 Å². The standard InChI is InChI=1S/C23H34N2O4.C2HF3O2/c1-16-3-4-20(26)19(11-16)22(28)25-9-6-23(7-10-25)12-18(29-15-23)13-24-8-5-17(2)21(27)14-24;3-2(4,5)1(6)7/h3-4,11,17-18,21,26-27H,5-10,12-15H2,1-2H3;(H,6,7)/t17-,18?,21-;/m1./s1. The number of carbonyl (C=O) groups is 2. The third-order valence-corrected chi connectivity index (χ3v) is 7.49. The number of β-amino-alcohol motifs (C(OH)–C–C–N with tert-alkyl or cyclic N) is 1. The zero-order valence-electron chi connectivity index (χ0n) is 20.6. The summed E-state index contributed by atoms with van der Waals surface area (Å²) in [5.41, 5.74) is 1.54. The number of carbonyl (C=O) groups excluding carboxylic acids is 1. The van der Waals surface area contributed by atoms with Crippen molar-refractivity contribution in [3.63, 3.8) is 0 Å². The van der Waals surface area contributed by atoms with E-state index in [4.69, 9.17) is 14.6 Å². The zero-order valence-corrected chi connectivity index (χ0v) is 20.6. The highest BCUT2D eigenvalue weighted by atomic mass is 19.4. The third-order valence-electron chi connectivity index (χ3n) is 7.49. The lowest BCUT2D eigenvalue weighted by molar-refractivity contribution is -0.192. The highest BCUT2D eigenvalue weighted by Crippen LogP contribution is 2.42. The summed E-state index contributed by atoms with van der Waals surface area (Å²) in [5, 5.41) is 27.3. The number of phenolic OH excluding ortho intramolecular Hbond substituents is 1. The van der Waals surface area contributed by atoms with Crippen molar-refractivity contribution >= 4 is 11.9 Å². The van der Waals surface area contributed by atoms with E-state index in [9.17, 15) is 28.2 Å². The monoisotopic (exact) mass is 516 g/mol. The van der Waals surface area contributed by atoms with E-state index in [-0.39, 0.29) is 29.3 Å². The molecule has 8 nitrogen and oxygen atoms in total. The largest absolute Gasteiger partial charge is 0.507 e. The van der Waals surface area contributed by atoms with Gasteiger partial charge in [-0.3, -0.25) is 9.69 Å². The van der Waals surface area contributed by atoms with Crippen molar-refractivity contribution in [2.75, 3.05) is 39.3 Å². The Kier molecular flexibility index (Phi) is 8.89. The van der Waals surface area contributed by atoms with Gasteiger partial charge >= 0.3 is 12.1 Å². The second kappa shape index (κ2) is 11.4. The van der Waals surface area contributed by atoms with Crippen LogP contribution in [0.15, 0.2) is 18.2 Å². The van der Waals surface area contributed by atoms with Crippen LogP contribution in [-0.2, 0) is 9.53 Å². The minimum atomic E-state index is -5.08. The predicted octanol–water partition coefficient (Wildman–Crippen LogP) is 3.05. The lowest BCUT2D eigenvalue weighted by Gasteiger charge is -2.39. The van der Waals surface area contributed by atoms with Gasteiger partial charge in [0.25, 0.3) is 5.91 Å². The van der Waals surface area contributed by atoms with Gasteiger partial charge in [0.2, 0.25) is 0 Å². The quantitative estimate of drug-likeness (QED) is 0.567. The fraction of sp³-hybridized carbons (Fsp3) is 0.680. The van der Waals surface area contributed by atoms with Crippen molar-refractivity contribution in [3.8, 4) is 5.75 Å². The number of halogens is 3. The van der Waals surface area contributed by atoms with E-state index in [2.05, 4.69) is 11.8 Å². The molecule has 1 aromatic rings. The smallest absolute Gasteiger partial charge is 0.490 e. The van der Waals surface area contributed by atoms with Gasteiger partial charge in [0, 0.05) is 26.2 Å². The average molecular weight is 517 g/mol. The number of piperidine rings is 2. The molecule has 36 heavy (non-hydrogen) atoms. The number of phenols is 1. The molecule has 0 saturated carbocycles. The Hall–Kier alpha value is -2.37. The maximum atomic E-state index is 12.9. The maximum absolute atomic E-state index is 12.9. The molecule has 3 saturated heterocycles. The topological polar surface area (TPSA) is 111 Å². The second-order valence-corrected chi connectivity index (χ2v) is 10.3. The van der Waals surface area contributed by atoms with Crippen LogP contribution in [0.5, 0.6) is 5.75 Å². The van der Waals surface area contributed by atoms with Crippen molar-refractivity contribution in [2.24, 2.45) is 11.3 Å². The Morgan fingerprint density at radius 2 is 1.83 bits per heavy atom. The van der Waals surface area contributed by atoms with Crippen molar-refractivity contribution in [1.29, 1.82) is 0 Å². The molecule has 0 radical (unpaired) electrons. The number of amides is 1. The summed E-state index contributed by atoms with van der Waals surface area (Å²) in [6.07, 6.45) is -1.12. The first-order valence-electron chi connectivity index (χ1n) is 12.2. The number of aliphatic hydroxyl groups is 1. The maximum Gasteiger partial charge on any atom is 0.490 e. The van der Waals surface area contributed by atoms with Crippen molar-refractivity contribution in [1.82, 2.24) is 9.80 Å². The number of hydrogen-bond acceptors (Lipinski definition) is 6. The molecular weight excluding hydrogens is 481 g/mol. The number of aryl methyl sites for hydroxylation is 1. The van der Waals surface area contributed by atoms with Crippen LogP contribution in [0.4, 0.5) is 13.2 Å². The van der Waals surface area contributed by atoms with Crippen LogP contribution >= 0.6 is 0 Å². The molecule has 11 heteroatoms. The molecular formula is C25H35F3N2O6. The number of carboxylic acids is 1. The summed E-state index contributed by atoms with van der Waals surface area (Å²) < 4.78 is 37.9. The molecule has 1 unspecified atom stereocenters. The molecule has 1 aromatic carbocycles. The molecule has 3 N–H and O–H groups in total. The number of ether oxygens (including phenoxy) is 1. The van der Waals surface area contributed by atoms with Gasteiger partial charge < -0.3 is 25.0 Å². The van der Waals surface area contributed by atoms with Crippen LogP contribution in [0.3, 0.4) is 0 Å². The molecule has 3 fully saturated rings. The SMILES string of the molecule is Cc1ccc(O)c(C(=O)N2CCC3(CC2)COC(CN2CC[C@@H](C)[C@H](O)C2)C3)c1.O=C(O)C(F)(F)F. The molecule has 3 aliphatic rings. The fourth-order valence-corrected chi connectivity index (χ4v) is 5.11. The second-order valence-electron chi connectivity index (χ2n) is 10.3. The van der Waals surface area contributed by atoms with Gasteiger partial charge in [-0.25, -0.2) is 4.79 Å². The molecule has 4 rings (SSSR count). The predicted molar refractivity (Wildman–Crippen MR) is 125 cm³/mol. The highest BCUT2D eigenvalue weighted by molar-refractivity contribution is 5.97. The summed E-state index contributed by atoms with van der Waals surface area (Å²) >= 11 is 0. The number of aliphatic hydroxyl groups excluding tert-OH is 1. The minimum Gasteiger partial charge on any atom is -0.507 e. The Bertz CT molecular complexity index is 933. The number of nitrogens with zero attached hydrogens (tertiary/aromatic N) is 2. The van der Waals surface area contributed by atoms with E-state index in [1.54, 1.807) is 12.1 Å². The lowest BCUT2D eigenvalue weighted by Crippen LogP contribution is -2.46. The number of aliphatic carboxylic acids is 1. The Balaban J connectivity index is 0.000000454. The van der Waals surface area contributed by atoms with Crippen LogP contribution in [0.1, 0.15) is 48.5 Å². The van der Waals surface area contributed by atoms with Gasteiger partial charge in [0.05, 0.1) is 24.4 Å². The van der Waals surface area contributed by atoms with Crippen LogP contribution in [0.2, 0.25) is 0 Å². The summed E-state index contributed by atoms with van der Waals surface area (Å²) in [4.78, 5) is 26.0. The van der Waals surface area contributed by atoms with Gasteiger partial charge in [-0.1, -0.05) is 18.6 Å². The van der Waals surface area contributed by atoms with E-state index < -0.39 is 12.1 Å². The van der Waals surface area contributed by atoms with Gasteiger partial charge in [0.1, 0.15) is 5.75 Å². The summed E-state index contributed by atoms with van der Waals surface area (Å²) in [7, 11) is 0. The zero-order chi connectivity index (χ0) is 26.7. The van der Waals surface area contributed by atoms with E-state index in [0.29, 0.717) is 24.6 Å². The van der Waals surface area contributed by atoms with E-state index >= 15 is 0 Å². The van der Waals surface area contributed by atoms with Gasteiger partial charge in [0.15, 0.2) is 0 Å². The molecule has 3 atom stereocenters. The molecule has 3 heterocycles. The first kappa shape index (κ1) is 28.2. The number of aromatic hydroxyl groups is 1. The van der Waals surface area contributed by atoms with E-state index in [1.807, 2.05) is 17.9 Å². The summed E-state index contributed by atoms with van der Waals surface area (Å²) in [6, 6.07) is 5.18. The Labute approximate surface area is 208 Å². The fourth-order valence-electron chi connectivity index (χ4n) is 5.11.